The molecule has 0 aliphatic carbocycles. The Bertz CT molecular complexity index is 541. The quantitative estimate of drug-likeness (QED) is 0.731. The highest BCUT2D eigenvalue weighted by molar-refractivity contribution is 6.08. The van der Waals surface area contributed by atoms with Gasteiger partial charge in [0.05, 0.1) is 0 Å². The number of carbonyl (C=O) groups is 1. The molecule has 0 radical (unpaired) electrons. The Balaban J connectivity index is 2.40. The van der Waals surface area contributed by atoms with Crippen LogP contribution in [0.25, 0.3) is 0 Å². The molecule has 0 N–H and O–H groups in total. The Hall–Kier alpha value is -2.10. The van der Waals surface area contributed by atoms with Gasteiger partial charge in [-0.05, 0) is 36.4 Å². The minimum atomic E-state index is -0.824. The number of halogens is 3. The zero-order chi connectivity index (χ0) is 12.4. The smallest absolute Gasteiger partial charge is 0.193 e. The lowest BCUT2D eigenvalue weighted by Gasteiger charge is -2.01. The second kappa shape index (κ2) is 4.41. The van der Waals surface area contributed by atoms with Crippen LogP contribution in [0.3, 0.4) is 0 Å². The zero-order valence-corrected chi connectivity index (χ0v) is 8.58. The van der Waals surface area contributed by atoms with Gasteiger partial charge in [-0.1, -0.05) is 0 Å². The second-order valence-electron chi connectivity index (χ2n) is 3.49. The molecule has 2 aromatic rings. The van der Waals surface area contributed by atoms with Gasteiger partial charge in [0.1, 0.15) is 17.5 Å². The number of ketones is 1. The first-order valence-electron chi connectivity index (χ1n) is 4.82. The van der Waals surface area contributed by atoms with Crippen LogP contribution in [-0.4, -0.2) is 5.78 Å². The van der Waals surface area contributed by atoms with Crippen molar-refractivity contribution in [1.82, 2.24) is 0 Å². The molecule has 1 nitrogen and oxygen atoms in total. The molecule has 2 rings (SSSR count). The summed E-state index contributed by atoms with van der Waals surface area (Å²) >= 11 is 0. The number of carbonyl (C=O) groups excluding carboxylic acids is 1. The standard InChI is InChI=1S/C13H7F3O/c14-10-3-1-8(2-4-10)13(17)9-5-11(15)7-12(16)6-9/h1-7H. The summed E-state index contributed by atoms with van der Waals surface area (Å²) in [6.45, 7) is 0. The molecule has 0 amide bonds. The number of rotatable bonds is 2. The van der Waals surface area contributed by atoms with Gasteiger partial charge in [-0.15, -0.1) is 0 Å². The van der Waals surface area contributed by atoms with Gasteiger partial charge in [0.25, 0.3) is 0 Å². The molecule has 86 valence electrons. The van der Waals surface area contributed by atoms with E-state index in [0.717, 1.165) is 24.3 Å². The van der Waals surface area contributed by atoms with Gasteiger partial charge in [-0.3, -0.25) is 4.79 Å². The highest BCUT2D eigenvalue weighted by Crippen LogP contribution is 2.13. The maximum atomic E-state index is 12.9. The van der Waals surface area contributed by atoms with Crippen LogP contribution >= 0.6 is 0 Å². The van der Waals surface area contributed by atoms with Crippen molar-refractivity contribution in [2.24, 2.45) is 0 Å². The van der Waals surface area contributed by atoms with Gasteiger partial charge in [0.2, 0.25) is 0 Å². The first kappa shape index (κ1) is 11.4. The normalized spacial score (nSPS) is 10.3. The van der Waals surface area contributed by atoms with Crippen LogP contribution in [-0.2, 0) is 0 Å². The molecule has 2 aromatic carbocycles. The first-order chi connectivity index (χ1) is 8.06. The third-order valence-electron chi connectivity index (χ3n) is 2.23. The summed E-state index contributed by atoms with van der Waals surface area (Å²) in [4.78, 5) is 11.8. The van der Waals surface area contributed by atoms with Crippen molar-refractivity contribution in [3.63, 3.8) is 0 Å². The van der Waals surface area contributed by atoms with Crippen molar-refractivity contribution < 1.29 is 18.0 Å². The second-order valence-corrected chi connectivity index (χ2v) is 3.49. The molecular formula is C13H7F3O. The van der Waals surface area contributed by atoms with Crippen molar-refractivity contribution in [3.8, 4) is 0 Å². The van der Waals surface area contributed by atoms with Gasteiger partial charge in [0.15, 0.2) is 5.78 Å². The molecule has 0 atom stereocenters. The molecule has 0 saturated carbocycles. The molecule has 0 aliphatic rings. The fraction of sp³-hybridized carbons (Fsp3) is 0. The SMILES string of the molecule is O=C(c1ccc(F)cc1)c1cc(F)cc(F)c1. The average Bonchev–Trinajstić information content (AvgIpc) is 2.28. The van der Waals surface area contributed by atoms with Crippen molar-refractivity contribution in [2.45, 2.75) is 0 Å². The monoisotopic (exact) mass is 236 g/mol. The summed E-state index contributed by atoms with van der Waals surface area (Å²) in [7, 11) is 0. The highest BCUT2D eigenvalue weighted by Gasteiger charge is 2.11. The third kappa shape index (κ3) is 2.53. The summed E-state index contributed by atoms with van der Waals surface area (Å²) in [6.07, 6.45) is 0. The van der Waals surface area contributed by atoms with E-state index in [-0.39, 0.29) is 11.1 Å². The van der Waals surface area contributed by atoms with Crippen molar-refractivity contribution in [2.75, 3.05) is 0 Å². The Morgan fingerprint density at radius 2 is 1.24 bits per heavy atom. The highest BCUT2D eigenvalue weighted by atomic mass is 19.1. The molecule has 0 aliphatic heterocycles. The predicted molar refractivity (Wildman–Crippen MR) is 56.2 cm³/mol. The van der Waals surface area contributed by atoms with Gasteiger partial charge in [-0.2, -0.15) is 0 Å². The van der Waals surface area contributed by atoms with Crippen LogP contribution in [0.2, 0.25) is 0 Å². The van der Waals surface area contributed by atoms with E-state index >= 15 is 0 Å². The van der Waals surface area contributed by atoms with E-state index in [1.807, 2.05) is 0 Å². The maximum Gasteiger partial charge on any atom is 0.193 e. The summed E-state index contributed by atoms with van der Waals surface area (Å²) in [5, 5.41) is 0. The Kier molecular flexibility index (Phi) is 2.95. The van der Waals surface area contributed by atoms with E-state index in [1.165, 1.54) is 12.1 Å². The van der Waals surface area contributed by atoms with Crippen LogP contribution in [0.4, 0.5) is 13.2 Å². The molecule has 0 spiro atoms. The van der Waals surface area contributed by atoms with E-state index in [9.17, 15) is 18.0 Å². The largest absolute Gasteiger partial charge is 0.289 e. The van der Waals surface area contributed by atoms with Crippen molar-refractivity contribution in [3.05, 3.63) is 71.0 Å². The summed E-state index contributed by atoms with van der Waals surface area (Å²) in [6, 6.07) is 7.32. The Morgan fingerprint density at radius 3 is 1.76 bits per heavy atom. The van der Waals surface area contributed by atoms with Crippen LogP contribution in [0.1, 0.15) is 15.9 Å². The maximum absolute atomic E-state index is 12.9. The van der Waals surface area contributed by atoms with Gasteiger partial charge >= 0.3 is 0 Å². The predicted octanol–water partition coefficient (Wildman–Crippen LogP) is 3.33. The van der Waals surface area contributed by atoms with Gasteiger partial charge in [-0.25, -0.2) is 13.2 Å². The van der Waals surface area contributed by atoms with E-state index in [1.54, 1.807) is 0 Å². The average molecular weight is 236 g/mol. The van der Waals surface area contributed by atoms with Crippen LogP contribution < -0.4 is 0 Å². The van der Waals surface area contributed by atoms with E-state index in [4.69, 9.17) is 0 Å². The number of hydrogen-bond donors (Lipinski definition) is 0. The molecular weight excluding hydrogens is 229 g/mol. The number of hydrogen-bond acceptors (Lipinski definition) is 1. The van der Waals surface area contributed by atoms with E-state index in [2.05, 4.69) is 0 Å². The molecule has 0 fully saturated rings. The minimum Gasteiger partial charge on any atom is -0.289 e. The molecule has 0 heterocycles. The molecule has 0 bridgehead atoms. The third-order valence-corrected chi connectivity index (χ3v) is 2.23. The topological polar surface area (TPSA) is 17.1 Å². The van der Waals surface area contributed by atoms with Gasteiger partial charge in [0, 0.05) is 17.2 Å². The van der Waals surface area contributed by atoms with Crippen molar-refractivity contribution >= 4 is 5.78 Å². The summed E-state index contributed by atoms with van der Waals surface area (Å²) in [5.74, 6) is -2.68. The molecule has 4 heteroatoms. The molecule has 0 aromatic heterocycles. The molecule has 0 saturated heterocycles. The molecule has 0 unspecified atom stereocenters. The lowest BCUT2D eigenvalue weighted by Crippen LogP contribution is -2.02. The van der Waals surface area contributed by atoms with Crippen LogP contribution in [0.15, 0.2) is 42.5 Å². The lowest BCUT2D eigenvalue weighted by atomic mass is 10.0. The Labute approximate surface area is 95.5 Å². The molecule has 17 heavy (non-hydrogen) atoms. The summed E-state index contributed by atoms with van der Waals surface area (Å²) < 4.78 is 38.5. The van der Waals surface area contributed by atoms with Crippen LogP contribution in [0, 0.1) is 17.5 Å². The fourth-order valence-electron chi connectivity index (χ4n) is 1.45. The lowest BCUT2D eigenvalue weighted by molar-refractivity contribution is 0.103. The minimum absolute atomic E-state index is 0.103. The fourth-order valence-corrected chi connectivity index (χ4v) is 1.45. The Morgan fingerprint density at radius 1 is 0.706 bits per heavy atom. The van der Waals surface area contributed by atoms with Gasteiger partial charge < -0.3 is 0 Å². The van der Waals surface area contributed by atoms with Crippen molar-refractivity contribution in [1.29, 1.82) is 0 Å². The first-order valence-corrected chi connectivity index (χ1v) is 4.82. The number of benzene rings is 2. The van der Waals surface area contributed by atoms with E-state index < -0.39 is 23.2 Å². The van der Waals surface area contributed by atoms with Crippen LogP contribution in [0.5, 0.6) is 0 Å². The van der Waals surface area contributed by atoms with E-state index in [0.29, 0.717) is 6.07 Å². The zero-order valence-electron chi connectivity index (χ0n) is 8.58. The summed E-state index contributed by atoms with van der Waals surface area (Å²) in [5.41, 5.74) is 0.0745.